The molecule has 3 nitrogen and oxygen atoms in total. The Hall–Kier alpha value is -1.65. The van der Waals surface area contributed by atoms with Crippen molar-refractivity contribution in [2.24, 2.45) is 0 Å². The van der Waals surface area contributed by atoms with Crippen molar-refractivity contribution >= 4 is 29.3 Å². The van der Waals surface area contributed by atoms with Gasteiger partial charge in [-0.15, -0.1) is 11.8 Å². The van der Waals surface area contributed by atoms with Crippen LogP contribution in [0.15, 0.2) is 59.5 Å². The average molecular weight is 336 g/mol. The molecule has 0 radical (unpaired) electrons. The van der Waals surface area contributed by atoms with Gasteiger partial charge < -0.3 is 10.1 Å². The predicted octanol–water partition coefficient (Wildman–Crippen LogP) is 4.02. The van der Waals surface area contributed by atoms with Gasteiger partial charge in [0.15, 0.2) is 6.10 Å². The number of thioether (sulfide) groups is 1. The number of nitrogens with one attached hydrogen (secondary N) is 1. The van der Waals surface area contributed by atoms with Crippen LogP contribution in [0.2, 0.25) is 5.02 Å². The maximum Gasteiger partial charge on any atom is 0.260 e. The summed E-state index contributed by atoms with van der Waals surface area (Å²) in [6.07, 6.45) is -0.539. The third-order valence-electron chi connectivity index (χ3n) is 2.91. The highest BCUT2D eigenvalue weighted by molar-refractivity contribution is 7.99. The fraction of sp³-hybridized carbons (Fsp3) is 0.235. The van der Waals surface area contributed by atoms with Crippen LogP contribution in [0.25, 0.3) is 0 Å². The zero-order valence-corrected chi connectivity index (χ0v) is 13.9. The molecule has 5 heteroatoms. The first-order valence-corrected chi connectivity index (χ1v) is 8.39. The summed E-state index contributed by atoms with van der Waals surface area (Å²) in [5.74, 6) is 1.33. The zero-order valence-electron chi connectivity index (χ0n) is 12.3. The Morgan fingerprint density at radius 2 is 1.86 bits per heavy atom. The number of hydrogen-bond donors (Lipinski definition) is 1. The van der Waals surface area contributed by atoms with Crippen molar-refractivity contribution in [2.75, 3.05) is 12.3 Å². The molecule has 0 aromatic heterocycles. The van der Waals surface area contributed by atoms with E-state index >= 15 is 0 Å². The highest BCUT2D eigenvalue weighted by atomic mass is 35.5. The molecule has 0 heterocycles. The molecule has 0 aliphatic carbocycles. The van der Waals surface area contributed by atoms with Gasteiger partial charge in [0.1, 0.15) is 5.75 Å². The monoisotopic (exact) mass is 335 g/mol. The van der Waals surface area contributed by atoms with E-state index in [2.05, 4.69) is 17.4 Å². The first kappa shape index (κ1) is 16.7. The van der Waals surface area contributed by atoms with Gasteiger partial charge in [-0.3, -0.25) is 4.79 Å². The van der Waals surface area contributed by atoms with E-state index in [9.17, 15) is 4.79 Å². The summed E-state index contributed by atoms with van der Waals surface area (Å²) in [4.78, 5) is 13.2. The molecule has 0 aliphatic heterocycles. The van der Waals surface area contributed by atoms with Crippen molar-refractivity contribution in [1.29, 1.82) is 0 Å². The number of carbonyl (C=O) groups excluding carboxylic acids is 1. The van der Waals surface area contributed by atoms with Gasteiger partial charge in [0.2, 0.25) is 0 Å². The Kier molecular flexibility index (Phi) is 6.62. The Morgan fingerprint density at radius 3 is 2.55 bits per heavy atom. The smallest absolute Gasteiger partial charge is 0.260 e. The summed E-state index contributed by atoms with van der Waals surface area (Å²) < 4.78 is 5.57. The van der Waals surface area contributed by atoms with Crippen LogP contribution in [-0.4, -0.2) is 24.3 Å². The normalized spacial score (nSPS) is 11.7. The fourth-order valence-corrected chi connectivity index (χ4v) is 2.69. The number of amides is 1. The lowest BCUT2D eigenvalue weighted by atomic mass is 10.3. The topological polar surface area (TPSA) is 38.3 Å². The van der Waals surface area contributed by atoms with Crippen molar-refractivity contribution in [3.8, 4) is 5.75 Å². The van der Waals surface area contributed by atoms with Gasteiger partial charge in [-0.05, 0) is 43.3 Å². The van der Waals surface area contributed by atoms with Crippen LogP contribution in [0.5, 0.6) is 5.75 Å². The van der Waals surface area contributed by atoms with Crippen LogP contribution in [0, 0.1) is 0 Å². The SMILES string of the molecule is C[C@H](Oc1ccc(Cl)cc1)C(=O)NCCSc1ccccc1. The summed E-state index contributed by atoms with van der Waals surface area (Å²) in [7, 11) is 0. The fourth-order valence-electron chi connectivity index (χ4n) is 1.77. The average Bonchev–Trinajstić information content (AvgIpc) is 2.54. The molecule has 0 fully saturated rings. The van der Waals surface area contributed by atoms with Crippen LogP contribution < -0.4 is 10.1 Å². The highest BCUT2D eigenvalue weighted by Gasteiger charge is 2.13. The lowest BCUT2D eigenvalue weighted by Crippen LogP contribution is -2.37. The second kappa shape index (κ2) is 8.71. The Bertz CT molecular complexity index is 589. The van der Waals surface area contributed by atoms with Crippen LogP contribution in [0.1, 0.15) is 6.92 Å². The highest BCUT2D eigenvalue weighted by Crippen LogP contribution is 2.17. The van der Waals surface area contributed by atoms with E-state index in [0.717, 1.165) is 5.75 Å². The molecule has 116 valence electrons. The number of benzene rings is 2. The number of halogens is 1. The molecule has 1 atom stereocenters. The third kappa shape index (κ3) is 5.62. The predicted molar refractivity (Wildman–Crippen MR) is 91.7 cm³/mol. The lowest BCUT2D eigenvalue weighted by Gasteiger charge is -2.14. The van der Waals surface area contributed by atoms with Crippen molar-refractivity contribution < 1.29 is 9.53 Å². The van der Waals surface area contributed by atoms with E-state index < -0.39 is 6.10 Å². The first-order valence-electron chi connectivity index (χ1n) is 7.03. The molecule has 2 aromatic carbocycles. The Balaban J connectivity index is 1.69. The molecule has 0 unspecified atom stereocenters. The van der Waals surface area contributed by atoms with Gasteiger partial charge >= 0.3 is 0 Å². The minimum atomic E-state index is -0.539. The number of carbonyl (C=O) groups is 1. The van der Waals surface area contributed by atoms with Gasteiger partial charge in [-0.2, -0.15) is 0 Å². The molecule has 2 rings (SSSR count). The molecular formula is C17H18ClNO2S. The minimum absolute atomic E-state index is 0.122. The van der Waals surface area contributed by atoms with Gasteiger partial charge in [-0.1, -0.05) is 29.8 Å². The zero-order chi connectivity index (χ0) is 15.8. The van der Waals surface area contributed by atoms with Gasteiger partial charge in [0.25, 0.3) is 5.91 Å². The summed E-state index contributed by atoms with van der Waals surface area (Å²) in [6.45, 7) is 2.33. The minimum Gasteiger partial charge on any atom is -0.481 e. The number of hydrogen-bond acceptors (Lipinski definition) is 3. The first-order chi connectivity index (χ1) is 10.6. The quantitative estimate of drug-likeness (QED) is 0.613. The van der Waals surface area contributed by atoms with E-state index in [1.165, 1.54) is 4.90 Å². The molecule has 0 aliphatic rings. The maximum absolute atomic E-state index is 12.0. The summed E-state index contributed by atoms with van der Waals surface area (Å²) in [6, 6.07) is 17.1. The maximum atomic E-state index is 12.0. The van der Waals surface area contributed by atoms with Gasteiger partial charge in [-0.25, -0.2) is 0 Å². The van der Waals surface area contributed by atoms with Gasteiger partial charge in [0.05, 0.1) is 0 Å². The molecular weight excluding hydrogens is 318 g/mol. The molecule has 0 bridgehead atoms. The van der Waals surface area contributed by atoms with E-state index in [0.29, 0.717) is 17.3 Å². The molecule has 0 saturated carbocycles. The van der Waals surface area contributed by atoms with Crippen molar-refractivity contribution in [2.45, 2.75) is 17.9 Å². The molecule has 0 spiro atoms. The molecule has 1 amide bonds. The largest absolute Gasteiger partial charge is 0.481 e. The Morgan fingerprint density at radius 1 is 1.18 bits per heavy atom. The van der Waals surface area contributed by atoms with Crippen LogP contribution in [0.4, 0.5) is 0 Å². The molecule has 2 aromatic rings. The third-order valence-corrected chi connectivity index (χ3v) is 4.17. The van der Waals surface area contributed by atoms with Crippen molar-refractivity contribution in [3.05, 3.63) is 59.6 Å². The second-order valence-corrected chi connectivity index (χ2v) is 6.27. The molecule has 1 N–H and O–H groups in total. The summed E-state index contributed by atoms with van der Waals surface area (Å²) in [5, 5.41) is 3.51. The van der Waals surface area contributed by atoms with Crippen molar-refractivity contribution in [1.82, 2.24) is 5.32 Å². The number of ether oxygens (including phenoxy) is 1. The summed E-state index contributed by atoms with van der Waals surface area (Å²) in [5.41, 5.74) is 0. The molecule has 22 heavy (non-hydrogen) atoms. The van der Waals surface area contributed by atoms with E-state index in [4.69, 9.17) is 16.3 Å². The van der Waals surface area contributed by atoms with Crippen molar-refractivity contribution in [3.63, 3.8) is 0 Å². The standard InChI is InChI=1S/C17H18ClNO2S/c1-13(21-15-9-7-14(18)8-10-15)17(20)19-11-12-22-16-5-3-2-4-6-16/h2-10,13H,11-12H2,1H3,(H,19,20)/t13-/m0/s1. The summed E-state index contributed by atoms with van der Waals surface area (Å²) >= 11 is 7.52. The van der Waals surface area contributed by atoms with E-state index in [1.54, 1.807) is 43.0 Å². The molecule has 0 saturated heterocycles. The van der Waals surface area contributed by atoms with Crippen LogP contribution >= 0.6 is 23.4 Å². The van der Waals surface area contributed by atoms with E-state index in [1.807, 2.05) is 18.2 Å². The second-order valence-electron chi connectivity index (χ2n) is 4.67. The van der Waals surface area contributed by atoms with Crippen LogP contribution in [0.3, 0.4) is 0 Å². The van der Waals surface area contributed by atoms with E-state index in [-0.39, 0.29) is 5.91 Å². The number of rotatable bonds is 7. The van der Waals surface area contributed by atoms with Crippen LogP contribution in [-0.2, 0) is 4.79 Å². The van der Waals surface area contributed by atoms with Gasteiger partial charge in [0, 0.05) is 22.2 Å². The Labute approximate surface area is 140 Å². The lowest BCUT2D eigenvalue weighted by molar-refractivity contribution is -0.127.